The molecular weight excluding hydrogens is 366 g/mol. The van der Waals surface area contributed by atoms with Crippen LogP contribution in [-0.2, 0) is 0 Å². The zero-order valence-corrected chi connectivity index (χ0v) is 13.4. The summed E-state index contributed by atoms with van der Waals surface area (Å²) in [4.78, 5) is 1.05. The molecule has 3 rings (SSSR count). The van der Waals surface area contributed by atoms with E-state index in [-0.39, 0.29) is 0 Å². The maximum atomic E-state index is 6.02. The quantitative estimate of drug-likeness (QED) is 0.637. The molecule has 0 saturated carbocycles. The first-order valence-corrected chi connectivity index (χ1v) is 7.79. The van der Waals surface area contributed by atoms with Gasteiger partial charge in [-0.3, -0.25) is 9.67 Å². The fraction of sp³-hybridized carbons (Fsp3) is 0. The molecule has 0 aliphatic rings. The molecule has 0 fully saturated rings. The van der Waals surface area contributed by atoms with Crippen LogP contribution < -0.4 is 0 Å². The molecule has 2 heterocycles. The van der Waals surface area contributed by atoms with E-state index >= 15 is 0 Å². The number of thiophene rings is 1. The van der Waals surface area contributed by atoms with Crippen molar-refractivity contribution in [1.82, 2.24) is 14.8 Å². The molecule has 1 aromatic carbocycles. The highest BCUT2D eigenvalue weighted by molar-refractivity contribution is 9.10. The van der Waals surface area contributed by atoms with Gasteiger partial charge in [0.05, 0.1) is 15.6 Å². The number of rotatable bonds is 2. The average Bonchev–Trinajstić information content (AvgIpc) is 3.01. The van der Waals surface area contributed by atoms with Crippen LogP contribution in [0.25, 0.3) is 16.4 Å². The van der Waals surface area contributed by atoms with Gasteiger partial charge >= 0.3 is 0 Å². The van der Waals surface area contributed by atoms with Crippen LogP contribution in [0.15, 0.2) is 40.2 Å². The van der Waals surface area contributed by atoms with Crippen molar-refractivity contribution in [3.8, 4) is 16.4 Å². The molecule has 0 spiro atoms. The van der Waals surface area contributed by atoms with Crippen LogP contribution >= 0.6 is 51.1 Å². The third-order valence-corrected chi connectivity index (χ3v) is 4.93. The van der Waals surface area contributed by atoms with E-state index in [0.717, 1.165) is 20.9 Å². The normalized spacial score (nSPS) is 10.8. The fourth-order valence-corrected chi connectivity index (χ4v) is 3.16. The summed E-state index contributed by atoms with van der Waals surface area (Å²) < 4.78 is 3.27. The number of benzene rings is 1. The molecular formula is C12H7BrClN3S2. The Morgan fingerprint density at radius 1 is 1.37 bits per heavy atom. The molecule has 1 N–H and O–H groups in total. The standard InChI is InChI=1S/C12H7BrClN3S2/c13-8-6-7(3-4-9(8)14)17-11(15-16-12(17)18)10-2-1-5-19-10/h1-6H,(H,16,18). The maximum Gasteiger partial charge on any atom is 0.200 e. The van der Waals surface area contributed by atoms with Gasteiger partial charge in [-0.05, 0) is 57.8 Å². The lowest BCUT2D eigenvalue weighted by Crippen LogP contribution is -1.96. The van der Waals surface area contributed by atoms with E-state index in [0.29, 0.717) is 9.79 Å². The lowest BCUT2D eigenvalue weighted by atomic mass is 10.3. The number of aromatic nitrogens is 3. The maximum absolute atomic E-state index is 6.02. The Bertz CT molecular complexity index is 777. The second-order valence-corrected chi connectivity index (χ2v) is 6.36. The molecule has 19 heavy (non-hydrogen) atoms. The molecule has 2 aromatic heterocycles. The van der Waals surface area contributed by atoms with Gasteiger partial charge in [-0.25, -0.2) is 0 Å². The number of hydrogen-bond donors (Lipinski definition) is 1. The number of hydrogen-bond acceptors (Lipinski definition) is 3. The summed E-state index contributed by atoms with van der Waals surface area (Å²) in [6, 6.07) is 9.66. The molecule has 96 valence electrons. The van der Waals surface area contributed by atoms with Gasteiger partial charge in [0.1, 0.15) is 0 Å². The van der Waals surface area contributed by atoms with Crippen LogP contribution in [0.5, 0.6) is 0 Å². The van der Waals surface area contributed by atoms with E-state index in [2.05, 4.69) is 26.1 Å². The smallest absolute Gasteiger partial charge is 0.200 e. The molecule has 0 amide bonds. The van der Waals surface area contributed by atoms with Gasteiger partial charge in [-0.1, -0.05) is 17.7 Å². The molecule has 0 atom stereocenters. The van der Waals surface area contributed by atoms with Crippen LogP contribution in [0.2, 0.25) is 5.02 Å². The van der Waals surface area contributed by atoms with Crippen molar-refractivity contribution in [3.63, 3.8) is 0 Å². The second kappa shape index (κ2) is 5.20. The van der Waals surface area contributed by atoms with E-state index < -0.39 is 0 Å². The van der Waals surface area contributed by atoms with Crippen LogP contribution in [0, 0.1) is 4.77 Å². The summed E-state index contributed by atoms with van der Waals surface area (Å²) in [5.41, 5.74) is 0.915. The largest absolute Gasteiger partial charge is 0.267 e. The van der Waals surface area contributed by atoms with Crippen molar-refractivity contribution in [2.45, 2.75) is 0 Å². The lowest BCUT2D eigenvalue weighted by molar-refractivity contribution is 1.04. The van der Waals surface area contributed by atoms with Gasteiger partial charge in [-0.2, -0.15) is 5.10 Å². The van der Waals surface area contributed by atoms with Crippen molar-refractivity contribution < 1.29 is 0 Å². The highest BCUT2D eigenvalue weighted by Crippen LogP contribution is 2.29. The summed E-state index contributed by atoms with van der Waals surface area (Å²) in [6.07, 6.45) is 0. The minimum absolute atomic E-state index is 0.553. The summed E-state index contributed by atoms with van der Waals surface area (Å²) >= 11 is 16.4. The SMILES string of the molecule is S=c1[nH]nc(-c2cccs2)n1-c1ccc(Cl)c(Br)c1. The van der Waals surface area contributed by atoms with Crippen molar-refractivity contribution in [2.75, 3.05) is 0 Å². The number of nitrogens with one attached hydrogen (secondary N) is 1. The van der Waals surface area contributed by atoms with Crippen molar-refractivity contribution in [1.29, 1.82) is 0 Å². The van der Waals surface area contributed by atoms with Gasteiger partial charge in [-0.15, -0.1) is 11.3 Å². The van der Waals surface area contributed by atoms with Crippen LogP contribution in [-0.4, -0.2) is 14.8 Å². The van der Waals surface area contributed by atoms with Crippen molar-refractivity contribution >= 4 is 51.1 Å². The van der Waals surface area contributed by atoms with Crippen LogP contribution in [0.4, 0.5) is 0 Å². The minimum Gasteiger partial charge on any atom is -0.267 e. The molecule has 0 aliphatic heterocycles. The van der Waals surface area contributed by atoms with E-state index in [4.69, 9.17) is 23.8 Å². The van der Waals surface area contributed by atoms with Gasteiger partial charge in [0.2, 0.25) is 0 Å². The van der Waals surface area contributed by atoms with E-state index in [9.17, 15) is 0 Å². The van der Waals surface area contributed by atoms with Gasteiger partial charge in [0.25, 0.3) is 0 Å². The summed E-state index contributed by atoms with van der Waals surface area (Å²) in [5, 5.41) is 9.80. The zero-order chi connectivity index (χ0) is 13.4. The highest BCUT2D eigenvalue weighted by Gasteiger charge is 2.12. The predicted molar refractivity (Wildman–Crippen MR) is 84.8 cm³/mol. The lowest BCUT2D eigenvalue weighted by Gasteiger charge is -2.06. The van der Waals surface area contributed by atoms with Gasteiger partial charge in [0.15, 0.2) is 10.6 Å². The highest BCUT2D eigenvalue weighted by atomic mass is 79.9. The molecule has 7 heteroatoms. The third kappa shape index (κ3) is 2.41. The Morgan fingerprint density at radius 2 is 2.21 bits per heavy atom. The third-order valence-electron chi connectivity index (χ3n) is 2.58. The Balaban J connectivity index is 2.22. The number of nitrogens with zero attached hydrogens (tertiary/aromatic N) is 2. The Kier molecular flexibility index (Phi) is 3.58. The summed E-state index contributed by atoms with van der Waals surface area (Å²) in [7, 11) is 0. The first-order valence-electron chi connectivity index (χ1n) is 5.33. The van der Waals surface area contributed by atoms with Crippen molar-refractivity contribution in [2.24, 2.45) is 0 Å². The zero-order valence-electron chi connectivity index (χ0n) is 9.43. The van der Waals surface area contributed by atoms with Gasteiger partial charge < -0.3 is 0 Å². The fourth-order valence-electron chi connectivity index (χ4n) is 1.73. The average molecular weight is 373 g/mol. The molecule has 0 unspecified atom stereocenters. The number of aromatic amines is 1. The molecule has 0 aliphatic carbocycles. The van der Waals surface area contributed by atoms with Gasteiger partial charge in [0, 0.05) is 4.47 Å². The van der Waals surface area contributed by atoms with E-state index in [1.165, 1.54) is 0 Å². The van der Waals surface area contributed by atoms with Crippen LogP contribution in [0.3, 0.4) is 0 Å². The monoisotopic (exact) mass is 371 g/mol. The Labute approximate surface area is 132 Å². The summed E-state index contributed by atoms with van der Waals surface area (Å²) in [6.45, 7) is 0. The minimum atomic E-state index is 0.553. The van der Waals surface area contributed by atoms with E-state index in [1.54, 1.807) is 11.3 Å². The predicted octanol–water partition coefficient (Wildman–Crippen LogP) is 5.07. The molecule has 0 saturated heterocycles. The Hall–Kier alpha value is -0.950. The van der Waals surface area contributed by atoms with Crippen molar-refractivity contribution in [3.05, 3.63) is 50.0 Å². The molecule has 0 bridgehead atoms. The van der Waals surface area contributed by atoms with Crippen LogP contribution in [0.1, 0.15) is 0 Å². The number of halogens is 2. The molecule has 3 aromatic rings. The molecule has 3 nitrogen and oxygen atoms in total. The Morgan fingerprint density at radius 3 is 2.89 bits per heavy atom. The summed E-state index contributed by atoms with van der Waals surface area (Å²) in [5.74, 6) is 0.800. The number of H-pyrrole nitrogens is 1. The van der Waals surface area contributed by atoms with E-state index in [1.807, 2.05) is 40.3 Å². The molecule has 0 radical (unpaired) electrons. The second-order valence-electron chi connectivity index (χ2n) is 3.76. The first-order chi connectivity index (χ1) is 9.16. The topological polar surface area (TPSA) is 33.6 Å². The first kappa shape index (κ1) is 13.1.